The van der Waals surface area contributed by atoms with Gasteiger partial charge in [0.25, 0.3) is 11.8 Å². The predicted octanol–water partition coefficient (Wildman–Crippen LogP) is 1.45. The van der Waals surface area contributed by atoms with Crippen LogP contribution in [-0.4, -0.2) is 45.6 Å². The quantitative estimate of drug-likeness (QED) is 0.787. The molecule has 8 heteroatoms. The zero-order valence-corrected chi connectivity index (χ0v) is 15.8. The van der Waals surface area contributed by atoms with E-state index in [4.69, 9.17) is 4.74 Å². The third-order valence-electron chi connectivity index (χ3n) is 5.23. The summed E-state index contributed by atoms with van der Waals surface area (Å²) in [6, 6.07) is 3.73. The van der Waals surface area contributed by atoms with E-state index >= 15 is 0 Å². The third kappa shape index (κ3) is 4.06. The maximum absolute atomic E-state index is 12.7. The average Bonchev–Trinajstić information content (AvgIpc) is 3.39. The van der Waals surface area contributed by atoms with Gasteiger partial charge in [-0.3, -0.25) is 14.6 Å². The Morgan fingerprint density at radius 1 is 1.21 bits per heavy atom. The first-order valence-corrected chi connectivity index (χ1v) is 9.88. The van der Waals surface area contributed by atoms with Gasteiger partial charge in [0.05, 0.1) is 11.8 Å². The highest BCUT2D eigenvalue weighted by Gasteiger charge is 2.28. The summed E-state index contributed by atoms with van der Waals surface area (Å²) in [6.45, 7) is 2.31. The number of carbonyl (C=O) groups is 2. The number of nitrogens with zero attached hydrogens (tertiary/aromatic N) is 3. The van der Waals surface area contributed by atoms with E-state index in [1.54, 1.807) is 12.4 Å². The first-order chi connectivity index (χ1) is 13.7. The van der Waals surface area contributed by atoms with Crippen molar-refractivity contribution in [3.05, 3.63) is 47.3 Å². The molecular formula is C20H25N5O3. The Morgan fingerprint density at radius 3 is 2.93 bits per heavy atom. The van der Waals surface area contributed by atoms with Crippen LogP contribution < -0.4 is 10.6 Å². The van der Waals surface area contributed by atoms with Gasteiger partial charge in [-0.1, -0.05) is 6.07 Å². The fourth-order valence-corrected chi connectivity index (χ4v) is 3.76. The minimum absolute atomic E-state index is 0.0737. The number of nitrogens with one attached hydrogen (secondary N) is 2. The fourth-order valence-electron chi connectivity index (χ4n) is 3.76. The maximum Gasteiger partial charge on any atom is 0.287 e. The third-order valence-corrected chi connectivity index (χ3v) is 5.23. The van der Waals surface area contributed by atoms with Gasteiger partial charge in [0.2, 0.25) is 0 Å². The molecule has 2 N–H and O–H groups in total. The summed E-state index contributed by atoms with van der Waals surface area (Å²) >= 11 is 0. The lowest BCUT2D eigenvalue weighted by molar-refractivity contribution is 0.0853. The lowest BCUT2D eigenvalue weighted by Gasteiger charge is -2.17. The molecule has 0 saturated carbocycles. The minimum Gasteiger partial charge on any atom is -0.376 e. The number of imidazole rings is 1. The molecule has 4 heterocycles. The monoisotopic (exact) mass is 383 g/mol. The van der Waals surface area contributed by atoms with E-state index in [1.165, 1.54) is 0 Å². The van der Waals surface area contributed by atoms with E-state index in [-0.39, 0.29) is 17.9 Å². The van der Waals surface area contributed by atoms with Gasteiger partial charge in [-0.15, -0.1) is 0 Å². The van der Waals surface area contributed by atoms with Gasteiger partial charge < -0.3 is 19.9 Å². The van der Waals surface area contributed by atoms with Crippen molar-refractivity contribution in [1.82, 2.24) is 25.2 Å². The Balaban J connectivity index is 1.47. The summed E-state index contributed by atoms with van der Waals surface area (Å²) in [7, 11) is 0. The van der Waals surface area contributed by atoms with Gasteiger partial charge in [0.15, 0.2) is 5.82 Å². The molecule has 28 heavy (non-hydrogen) atoms. The van der Waals surface area contributed by atoms with Crippen molar-refractivity contribution in [3.63, 3.8) is 0 Å². The second-order valence-electron chi connectivity index (χ2n) is 7.23. The zero-order valence-electron chi connectivity index (χ0n) is 15.8. The van der Waals surface area contributed by atoms with E-state index in [0.29, 0.717) is 31.2 Å². The minimum atomic E-state index is -0.273. The molecule has 1 fully saturated rings. The Bertz CT molecular complexity index is 843. The van der Waals surface area contributed by atoms with Crippen molar-refractivity contribution >= 4 is 11.8 Å². The Labute approximate surface area is 163 Å². The van der Waals surface area contributed by atoms with Crippen LogP contribution in [0.2, 0.25) is 0 Å². The van der Waals surface area contributed by atoms with Crippen molar-refractivity contribution in [3.8, 4) is 0 Å². The second kappa shape index (κ2) is 8.52. The molecule has 0 aromatic carbocycles. The first-order valence-electron chi connectivity index (χ1n) is 9.88. The molecule has 0 spiro atoms. The molecule has 148 valence electrons. The highest BCUT2D eigenvalue weighted by atomic mass is 16.5. The number of amides is 2. The van der Waals surface area contributed by atoms with Crippen LogP contribution in [0.25, 0.3) is 0 Å². The molecule has 1 saturated heterocycles. The van der Waals surface area contributed by atoms with Crippen LogP contribution >= 0.6 is 0 Å². The molecule has 2 amide bonds. The number of fused-ring (bicyclic) bond motifs is 1. The smallest absolute Gasteiger partial charge is 0.287 e. The normalized spacial score (nSPS) is 18.5. The van der Waals surface area contributed by atoms with Gasteiger partial charge in [0, 0.05) is 38.6 Å². The molecule has 0 bridgehead atoms. The molecule has 4 rings (SSSR count). The number of hydrogen-bond acceptors (Lipinski definition) is 5. The number of hydrogen-bond donors (Lipinski definition) is 2. The molecule has 1 atom stereocenters. The van der Waals surface area contributed by atoms with Crippen molar-refractivity contribution in [1.29, 1.82) is 0 Å². The van der Waals surface area contributed by atoms with E-state index in [0.717, 1.165) is 50.0 Å². The van der Waals surface area contributed by atoms with Crippen molar-refractivity contribution in [2.24, 2.45) is 0 Å². The molecule has 2 aliphatic heterocycles. The van der Waals surface area contributed by atoms with Crippen LogP contribution in [0, 0.1) is 0 Å². The second-order valence-corrected chi connectivity index (χ2v) is 7.23. The zero-order chi connectivity index (χ0) is 19.3. The van der Waals surface area contributed by atoms with E-state index in [2.05, 4.69) is 20.6 Å². The molecule has 1 unspecified atom stereocenters. The molecule has 0 aliphatic carbocycles. The van der Waals surface area contributed by atoms with Crippen LogP contribution in [0.4, 0.5) is 0 Å². The number of aromatic nitrogens is 3. The lowest BCUT2D eigenvalue weighted by Crippen LogP contribution is -2.32. The highest BCUT2D eigenvalue weighted by molar-refractivity contribution is 5.97. The maximum atomic E-state index is 12.7. The van der Waals surface area contributed by atoms with Crippen molar-refractivity contribution < 1.29 is 14.3 Å². The summed E-state index contributed by atoms with van der Waals surface area (Å²) in [6.07, 6.45) is 8.20. The molecule has 2 aliphatic rings. The fraction of sp³-hybridized carbons (Fsp3) is 0.500. The summed E-state index contributed by atoms with van der Waals surface area (Å²) in [5, 5.41) is 5.80. The number of ether oxygens (including phenoxy) is 1. The molecule has 0 radical (unpaired) electrons. The van der Waals surface area contributed by atoms with Crippen molar-refractivity contribution in [2.75, 3.05) is 13.2 Å². The molecular weight excluding hydrogens is 358 g/mol. The van der Waals surface area contributed by atoms with Gasteiger partial charge in [-0.05, 0) is 43.7 Å². The standard InChI is InChI=1S/C20H25N5O3/c26-19(23-13-15-6-4-10-28-15)17-16-7-1-2-9-25(16)18(24-17)20(27)22-12-14-5-3-8-21-11-14/h3,5,8,11,15H,1-2,4,6-7,9-10,12-13H2,(H,22,27)(H,23,26). The Hall–Kier alpha value is -2.74. The number of pyridine rings is 1. The van der Waals surface area contributed by atoms with E-state index in [1.807, 2.05) is 16.7 Å². The van der Waals surface area contributed by atoms with Crippen LogP contribution in [0.3, 0.4) is 0 Å². The number of carbonyl (C=O) groups excluding carboxylic acids is 2. The van der Waals surface area contributed by atoms with Crippen molar-refractivity contribution in [2.45, 2.75) is 51.3 Å². The summed E-state index contributed by atoms with van der Waals surface area (Å²) in [5.41, 5.74) is 2.13. The van der Waals surface area contributed by atoms with Crippen LogP contribution in [0.1, 0.15) is 58.0 Å². The molecule has 8 nitrogen and oxygen atoms in total. The summed E-state index contributed by atoms with van der Waals surface area (Å²) in [4.78, 5) is 33.9. The molecule has 2 aromatic heterocycles. The van der Waals surface area contributed by atoms with Gasteiger partial charge in [0.1, 0.15) is 5.69 Å². The lowest BCUT2D eigenvalue weighted by atomic mass is 10.1. The average molecular weight is 383 g/mol. The summed E-state index contributed by atoms with van der Waals surface area (Å²) < 4.78 is 7.45. The van der Waals surface area contributed by atoms with E-state index in [9.17, 15) is 9.59 Å². The predicted molar refractivity (Wildman–Crippen MR) is 102 cm³/mol. The van der Waals surface area contributed by atoms with Gasteiger partial charge in [-0.2, -0.15) is 0 Å². The Kier molecular flexibility index (Phi) is 5.66. The van der Waals surface area contributed by atoms with Gasteiger partial charge in [-0.25, -0.2) is 4.98 Å². The first kappa shape index (κ1) is 18.6. The highest BCUT2D eigenvalue weighted by Crippen LogP contribution is 2.21. The van der Waals surface area contributed by atoms with Crippen LogP contribution in [0.5, 0.6) is 0 Å². The summed E-state index contributed by atoms with van der Waals surface area (Å²) in [5.74, 6) is -0.196. The largest absolute Gasteiger partial charge is 0.376 e. The van der Waals surface area contributed by atoms with E-state index < -0.39 is 0 Å². The molecule has 2 aromatic rings. The van der Waals surface area contributed by atoms with Crippen LogP contribution in [-0.2, 0) is 24.2 Å². The van der Waals surface area contributed by atoms with Crippen LogP contribution in [0.15, 0.2) is 24.5 Å². The van der Waals surface area contributed by atoms with Gasteiger partial charge >= 0.3 is 0 Å². The topological polar surface area (TPSA) is 98.1 Å². The number of rotatable bonds is 6. The SMILES string of the molecule is O=C(NCC1CCCO1)c1nc(C(=O)NCc2cccnc2)n2c1CCCC2. The Morgan fingerprint density at radius 2 is 2.14 bits per heavy atom.